The van der Waals surface area contributed by atoms with Crippen LogP contribution in [-0.4, -0.2) is 12.8 Å². The minimum atomic E-state index is -0.898. The van der Waals surface area contributed by atoms with Crippen LogP contribution in [0.25, 0.3) is 0 Å². The summed E-state index contributed by atoms with van der Waals surface area (Å²) in [5.41, 5.74) is 1.12. The smallest absolute Gasteiger partial charge is 0.134 e. The average Bonchev–Trinajstić information content (AvgIpc) is 2.85. The van der Waals surface area contributed by atoms with Crippen molar-refractivity contribution < 1.29 is 13.2 Å². The Balaban J connectivity index is 2.04. The largest absolute Gasteiger partial charge is 0.308 e. The molecule has 0 amide bonds. The van der Waals surface area contributed by atoms with E-state index in [0.717, 1.165) is 34.9 Å². The van der Waals surface area contributed by atoms with Crippen LogP contribution in [0.4, 0.5) is 13.2 Å². The van der Waals surface area contributed by atoms with Crippen LogP contribution < -0.4 is 5.32 Å². The predicted octanol–water partition coefficient (Wildman–Crippen LogP) is 4.26. The van der Waals surface area contributed by atoms with E-state index in [1.807, 2.05) is 17.8 Å². The summed E-state index contributed by atoms with van der Waals surface area (Å²) in [7, 11) is 1.65. The van der Waals surface area contributed by atoms with Gasteiger partial charge in [-0.2, -0.15) is 11.8 Å². The molecular weight excluding hydrogens is 315 g/mol. The lowest BCUT2D eigenvalue weighted by atomic mass is 10.0. The summed E-state index contributed by atoms with van der Waals surface area (Å²) in [5.74, 6) is -0.585. The van der Waals surface area contributed by atoms with Crippen molar-refractivity contribution in [3.8, 4) is 0 Å². The highest BCUT2D eigenvalue weighted by Gasteiger charge is 2.25. The Morgan fingerprint density at radius 3 is 2.48 bits per heavy atom. The molecule has 0 fully saturated rings. The van der Waals surface area contributed by atoms with Gasteiger partial charge in [-0.05, 0) is 30.9 Å². The molecule has 1 aliphatic heterocycles. The molecule has 0 radical (unpaired) electrons. The Morgan fingerprint density at radius 2 is 1.86 bits per heavy atom. The van der Waals surface area contributed by atoms with Gasteiger partial charge in [0.15, 0.2) is 0 Å². The molecule has 21 heavy (non-hydrogen) atoms. The van der Waals surface area contributed by atoms with E-state index >= 15 is 0 Å². The first kappa shape index (κ1) is 14.9. The van der Waals surface area contributed by atoms with Crippen LogP contribution in [0.1, 0.15) is 26.9 Å². The molecule has 0 spiro atoms. The maximum absolute atomic E-state index is 14.0. The SMILES string of the molecule is CNC(c1cc2c(s1)CCSC2)c1c(F)cc(F)cc1F. The maximum atomic E-state index is 14.0. The predicted molar refractivity (Wildman–Crippen MR) is 81.4 cm³/mol. The van der Waals surface area contributed by atoms with E-state index in [0.29, 0.717) is 0 Å². The number of thiophene rings is 1. The number of nitrogens with one attached hydrogen (secondary N) is 1. The van der Waals surface area contributed by atoms with Crippen molar-refractivity contribution in [3.63, 3.8) is 0 Å². The number of halogens is 3. The minimum absolute atomic E-state index is 0.120. The monoisotopic (exact) mass is 329 g/mol. The molecule has 2 heterocycles. The Hall–Kier alpha value is -0.980. The fraction of sp³-hybridized carbons (Fsp3) is 0.333. The zero-order valence-corrected chi connectivity index (χ0v) is 13.0. The summed E-state index contributed by atoms with van der Waals surface area (Å²) in [5, 5.41) is 2.95. The Morgan fingerprint density at radius 1 is 1.14 bits per heavy atom. The molecule has 1 aromatic carbocycles. The third-order valence-electron chi connectivity index (χ3n) is 3.55. The van der Waals surface area contributed by atoms with Gasteiger partial charge in [0.25, 0.3) is 0 Å². The van der Waals surface area contributed by atoms with Gasteiger partial charge in [0, 0.05) is 33.2 Å². The van der Waals surface area contributed by atoms with Gasteiger partial charge in [-0.25, -0.2) is 13.2 Å². The van der Waals surface area contributed by atoms with Crippen LogP contribution in [0.2, 0.25) is 0 Å². The molecule has 1 aromatic heterocycles. The van der Waals surface area contributed by atoms with Gasteiger partial charge in [0.1, 0.15) is 17.5 Å². The minimum Gasteiger partial charge on any atom is -0.308 e. The summed E-state index contributed by atoms with van der Waals surface area (Å²) in [6.45, 7) is 0. The molecule has 3 rings (SSSR count). The molecule has 1 aliphatic rings. The summed E-state index contributed by atoms with van der Waals surface area (Å²) in [6.07, 6.45) is 0.996. The highest BCUT2D eigenvalue weighted by Crippen LogP contribution is 2.37. The number of fused-ring (bicyclic) bond motifs is 1. The molecular formula is C15H14F3NS2. The van der Waals surface area contributed by atoms with E-state index in [2.05, 4.69) is 5.32 Å². The molecule has 1 unspecified atom stereocenters. The van der Waals surface area contributed by atoms with Crippen molar-refractivity contribution >= 4 is 23.1 Å². The van der Waals surface area contributed by atoms with Crippen molar-refractivity contribution in [2.45, 2.75) is 18.2 Å². The average molecular weight is 329 g/mol. The molecule has 1 nitrogen and oxygen atoms in total. The summed E-state index contributed by atoms with van der Waals surface area (Å²) in [6, 6.07) is 2.87. The van der Waals surface area contributed by atoms with Gasteiger partial charge >= 0.3 is 0 Å². The van der Waals surface area contributed by atoms with Gasteiger partial charge < -0.3 is 5.32 Å². The number of rotatable bonds is 3. The van der Waals surface area contributed by atoms with Crippen LogP contribution in [0, 0.1) is 17.5 Å². The lowest BCUT2D eigenvalue weighted by Crippen LogP contribution is -2.19. The number of aryl methyl sites for hydroxylation is 1. The second-order valence-electron chi connectivity index (χ2n) is 4.90. The first-order chi connectivity index (χ1) is 10.1. The second-order valence-corrected chi connectivity index (χ2v) is 7.18. The second kappa shape index (κ2) is 6.02. The zero-order chi connectivity index (χ0) is 15.0. The van der Waals surface area contributed by atoms with Crippen LogP contribution in [0.3, 0.4) is 0 Å². The summed E-state index contributed by atoms with van der Waals surface area (Å²) >= 11 is 3.44. The van der Waals surface area contributed by atoms with E-state index in [1.54, 1.807) is 18.4 Å². The lowest BCUT2D eigenvalue weighted by Gasteiger charge is -2.16. The van der Waals surface area contributed by atoms with Crippen LogP contribution in [0.15, 0.2) is 18.2 Å². The molecule has 112 valence electrons. The van der Waals surface area contributed by atoms with Gasteiger partial charge in [-0.15, -0.1) is 11.3 Å². The van der Waals surface area contributed by atoms with Crippen molar-refractivity contribution in [1.29, 1.82) is 0 Å². The maximum Gasteiger partial charge on any atom is 0.134 e. The van der Waals surface area contributed by atoms with Crippen molar-refractivity contribution in [2.75, 3.05) is 12.8 Å². The van der Waals surface area contributed by atoms with Crippen molar-refractivity contribution in [2.24, 2.45) is 0 Å². The molecule has 1 atom stereocenters. The van der Waals surface area contributed by atoms with E-state index in [9.17, 15) is 13.2 Å². The molecule has 2 aromatic rings. The highest BCUT2D eigenvalue weighted by molar-refractivity contribution is 7.98. The fourth-order valence-corrected chi connectivity index (χ4v) is 5.07. The number of hydrogen-bond acceptors (Lipinski definition) is 3. The molecule has 1 N–H and O–H groups in total. The van der Waals surface area contributed by atoms with E-state index < -0.39 is 23.5 Å². The van der Waals surface area contributed by atoms with Gasteiger partial charge in [0.2, 0.25) is 0 Å². The number of benzene rings is 1. The van der Waals surface area contributed by atoms with Gasteiger partial charge in [0.05, 0.1) is 6.04 Å². The zero-order valence-electron chi connectivity index (χ0n) is 11.4. The Bertz CT molecular complexity index is 622. The quantitative estimate of drug-likeness (QED) is 0.903. The van der Waals surface area contributed by atoms with E-state index in [4.69, 9.17) is 0 Å². The fourth-order valence-electron chi connectivity index (χ4n) is 2.57. The van der Waals surface area contributed by atoms with Crippen molar-refractivity contribution in [3.05, 3.63) is 56.5 Å². The topological polar surface area (TPSA) is 12.0 Å². The van der Waals surface area contributed by atoms with E-state index in [1.165, 1.54) is 10.4 Å². The van der Waals surface area contributed by atoms with Gasteiger partial charge in [-0.3, -0.25) is 0 Å². The molecule has 0 aliphatic carbocycles. The molecule has 0 bridgehead atoms. The normalized spacial score (nSPS) is 15.8. The summed E-state index contributed by atoms with van der Waals surface area (Å²) < 4.78 is 41.1. The van der Waals surface area contributed by atoms with Crippen molar-refractivity contribution in [1.82, 2.24) is 5.32 Å². The van der Waals surface area contributed by atoms with Gasteiger partial charge in [-0.1, -0.05) is 0 Å². The third kappa shape index (κ3) is 2.84. The summed E-state index contributed by atoms with van der Waals surface area (Å²) in [4.78, 5) is 2.15. The molecule has 0 saturated heterocycles. The highest BCUT2D eigenvalue weighted by atomic mass is 32.2. The molecule has 0 saturated carbocycles. The van der Waals surface area contributed by atoms with Crippen LogP contribution >= 0.6 is 23.1 Å². The molecule has 6 heteroatoms. The van der Waals surface area contributed by atoms with E-state index in [-0.39, 0.29) is 5.56 Å². The first-order valence-corrected chi connectivity index (χ1v) is 8.58. The Kier molecular flexibility index (Phi) is 4.28. The first-order valence-electron chi connectivity index (χ1n) is 6.61. The third-order valence-corrected chi connectivity index (χ3v) is 5.86. The number of thioether (sulfide) groups is 1. The van der Waals surface area contributed by atoms with Crippen LogP contribution in [-0.2, 0) is 12.2 Å². The number of hydrogen-bond donors (Lipinski definition) is 1. The lowest BCUT2D eigenvalue weighted by molar-refractivity contribution is 0.502. The Labute approximate surface area is 129 Å². The van der Waals surface area contributed by atoms with Crippen LogP contribution in [0.5, 0.6) is 0 Å². The standard InChI is InChI=1S/C15H14F3NS2/c1-19-15(14-10(17)5-9(16)6-11(14)18)13-4-8-7-20-3-2-12(8)21-13/h4-6,15,19H,2-3,7H2,1H3.